The molecule has 4 aromatic carbocycles. The van der Waals surface area contributed by atoms with Crippen molar-refractivity contribution in [3.63, 3.8) is 0 Å². The molecule has 260 valence electrons. The molecule has 2 heterocycles. The van der Waals surface area contributed by atoms with Crippen molar-refractivity contribution in [3.8, 4) is 0 Å². The number of rotatable bonds is 2. The molecule has 2 bridgehead atoms. The highest BCUT2D eigenvalue weighted by Crippen LogP contribution is 2.52. The van der Waals surface area contributed by atoms with Gasteiger partial charge in [0.1, 0.15) is 0 Å². The van der Waals surface area contributed by atoms with Gasteiger partial charge in [-0.1, -0.05) is 126 Å². The largest absolute Gasteiger partial charge is 0.339 e. The molecule has 3 unspecified atom stereocenters. The van der Waals surface area contributed by atoms with E-state index in [1.165, 1.54) is 92.8 Å². The van der Waals surface area contributed by atoms with Gasteiger partial charge in [0, 0.05) is 34.5 Å². The number of hydrogen-bond acceptors (Lipinski definition) is 2. The van der Waals surface area contributed by atoms with Gasteiger partial charge in [-0.3, -0.25) is 0 Å². The second kappa shape index (κ2) is 11.0. The van der Waals surface area contributed by atoms with E-state index in [-0.39, 0.29) is 28.4 Å². The van der Waals surface area contributed by atoms with E-state index in [4.69, 9.17) is 0 Å². The van der Waals surface area contributed by atoms with Gasteiger partial charge in [-0.2, -0.15) is 0 Å². The third-order valence-electron chi connectivity index (χ3n) is 12.7. The maximum atomic E-state index is 2.89. The fraction of sp³-hybridized carbons (Fsp3) is 0.489. The minimum absolute atomic E-state index is 0.00699. The minimum atomic E-state index is 0.00699. The van der Waals surface area contributed by atoms with E-state index < -0.39 is 0 Å². The lowest BCUT2D eigenvalue weighted by molar-refractivity contribution is 0.413. The molecule has 2 nitrogen and oxygen atoms in total. The lowest BCUT2D eigenvalue weighted by atomic mass is 9.33. The second-order valence-electron chi connectivity index (χ2n) is 20.4. The van der Waals surface area contributed by atoms with Crippen LogP contribution in [0, 0.1) is 11.8 Å². The molecule has 8 rings (SSSR count). The maximum absolute atomic E-state index is 2.89. The molecule has 50 heavy (non-hydrogen) atoms. The molecule has 0 amide bonds. The van der Waals surface area contributed by atoms with E-state index in [0.717, 1.165) is 11.8 Å². The summed E-state index contributed by atoms with van der Waals surface area (Å²) in [6.45, 7) is 28.5. The number of anilines is 5. The van der Waals surface area contributed by atoms with Gasteiger partial charge in [-0.15, -0.1) is 0 Å². The van der Waals surface area contributed by atoms with Crippen LogP contribution in [-0.4, -0.2) is 12.8 Å². The van der Waals surface area contributed by atoms with Gasteiger partial charge >= 0.3 is 0 Å². The van der Waals surface area contributed by atoms with E-state index in [1.54, 1.807) is 0 Å². The highest BCUT2D eigenvalue weighted by molar-refractivity contribution is 7.00. The fourth-order valence-corrected chi connectivity index (χ4v) is 9.67. The van der Waals surface area contributed by atoms with Crippen molar-refractivity contribution in [2.45, 2.75) is 136 Å². The monoisotopic (exact) mass is 662 g/mol. The van der Waals surface area contributed by atoms with Gasteiger partial charge in [-0.05, 0) is 128 Å². The summed E-state index contributed by atoms with van der Waals surface area (Å²) in [6.07, 6.45) is 5.48. The highest BCUT2D eigenvalue weighted by atomic mass is 15.2. The third kappa shape index (κ3) is 5.36. The van der Waals surface area contributed by atoms with Crippen molar-refractivity contribution in [3.05, 3.63) is 95.1 Å². The number of nitrogens with zero attached hydrogens (tertiary/aromatic N) is 2. The number of benzene rings is 4. The van der Waals surface area contributed by atoms with Gasteiger partial charge in [0.15, 0.2) is 0 Å². The Hall–Kier alpha value is -3.46. The molecule has 4 aliphatic rings. The van der Waals surface area contributed by atoms with Crippen molar-refractivity contribution in [2.75, 3.05) is 9.80 Å². The van der Waals surface area contributed by atoms with Crippen LogP contribution < -0.4 is 26.2 Å². The summed E-state index contributed by atoms with van der Waals surface area (Å²) >= 11 is 0. The molecule has 3 atom stereocenters. The van der Waals surface area contributed by atoms with Crippen LogP contribution in [-0.2, 0) is 21.7 Å². The Morgan fingerprint density at radius 3 is 1.64 bits per heavy atom. The molecule has 0 spiro atoms. The molecular formula is C47H59BN2. The zero-order valence-electron chi connectivity index (χ0n) is 33.0. The Labute approximate surface area is 303 Å². The Balaban J connectivity index is 1.47. The van der Waals surface area contributed by atoms with Crippen molar-refractivity contribution in [1.29, 1.82) is 0 Å². The van der Waals surface area contributed by atoms with E-state index in [0.29, 0.717) is 6.04 Å². The molecular weight excluding hydrogens is 603 g/mol. The molecule has 2 fully saturated rings. The first kappa shape index (κ1) is 33.7. The summed E-state index contributed by atoms with van der Waals surface area (Å²) in [5.74, 6) is 1.63. The first-order valence-electron chi connectivity index (χ1n) is 19.5. The summed E-state index contributed by atoms with van der Waals surface area (Å²) in [5, 5.41) is 0. The van der Waals surface area contributed by atoms with Crippen LogP contribution >= 0.6 is 0 Å². The van der Waals surface area contributed by atoms with Crippen molar-refractivity contribution in [2.24, 2.45) is 11.8 Å². The normalized spacial score (nSPS) is 21.4. The smallest absolute Gasteiger partial charge is 0.252 e. The number of fused-ring (bicyclic) bond motifs is 6. The van der Waals surface area contributed by atoms with Gasteiger partial charge in [-0.25, -0.2) is 0 Å². The van der Waals surface area contributed by atoms with Crippen LogP contribution in [0.3, 0.4) is 0 Å². The molecule has 2 aliphatic carbocycles. The Kier molecular flexibility index (Phi) is 7.42. The van der Waals surface area contributed by atoms with E-state index >= 15 is 0 Å². The topological polar surface area (TPSA) is 6.48 Å². The summed E-state index contributed by atoms with van der Waals surface area (Å²) in [6, 6.07) is 30.1. The number of hydrogen-bond donors (Lipinski definition) is 0. The van der Waals surface area contributed by atoms with Crippen LogP contribution in [0.2, 0.25) is 0 Å². The quantitative estimate of drug-likeness (QED) is 0.174. The van der Waals surface area contributed by atoms with Crippen LogP contribution in [0.1, 0.15) is 131 Å². The molecule has 0 N–H and O–H groups in total. The second-order valence-corrected chi connectivity index (χ2v) is 20.4. The highest BCUT2D eigenvalue weighted by Gasteiger charge is 2.49. The molecule has 4 aromatic rings. The van der Waals surface area contributed by atoms with E-state index in [2.05, 4.69) is 166 Å². The average Bonchev–Trinajstić information content (AvgIpc) is 3.66. The molecule has 0 saturated heterocycles. The Morgan fingerprint density at radius 1 is 0.500 bits per heavy atom. The van der Waals surface area contributed by atoms with Crippen molar-refractivity contribution < 1.29 is 0 Å². The van der Waals surface area contributed by atoms with Crippen LogP contribution in [0.5, 0.6) is 0 Å². The van der Waals surface area contributed by atoms with E-state index in [9.17, 15) is 0 Å². The van der Waals surface area contributed by atoms with Crippen LogP contribution in [0.15, 0.2) is 72.8 Å². The van der Waals surface area contributed by atoms with Crippen LogP contribution in [0.4, 0.5) is 28.4 Å². The van der Waals surface area contributed by atoms with Crippen molar-refractivity contribution >= 4 is 51.5 Å². The molecule has 3 heteroatoms. The van der Waals surface area contributed by atoms with Gasteiger partial charge in [0.05, 0.1) is 0 Å². The predicted octanol–water partition coefficient (Wildman–Crippen LogP) is 10.8. The fourth-order valence-electron chi connectivity index (χ4n) is 9.67. The molecule has 0 aromatic heterocycles. The third-order valence-corrected chi connectivity index (χ3v) is 12.7. The lowest BCUT2D eigenvalue weighted by Crippen LogP contribution is -2.63. The first-order chi connectivity index (χ1) is 23.3. The Bertz CT molecular complexity index is 1970. The summed E-state index contributed by atoms with van der Waals surface area (Å²) < 4.78 is 0. The zero-order chi connectivity index (χ0) is 35.7. The maximum Gasteiger partial charge on any atom is 0.252 e. The first-order valence-corrected chi connectivity index (χ1v) is 19.5. The molecule has 2 aliphatic heterocycles. The van der Waals surface area contributed by atoms with E-state index in [1.807, 2.05) is 0 Å². The SMILES string of the molecule is CC(C)(C)c1ccc(N2c3ccc(C(C)(C)C)cc3B3c4ccc(C(C)(C)C)cc4N(C4CC5CCC4C5)c4cc(C(C)(C)C)cc2c43)cc1. The summed E-state index contributed by atoms with van der Waals surface area (Å²) in [7, 11) is 0. The average molecular weight is 663 g/mol. The van der Waals surface area contributed by atoms with Crippen molar-refractivity contribution in [1.82, 2.24) is 0 Å². The summed E-state index contributed by atoms with van der Waals surface area (Å²) in [5.41, 5.74) is 17.1. The Morgan fingerprint density at radius 2 is 1.06 bits per heavy atom. The molecule has 0 radical (unpaired) electrons. The zero-order valence-corrected chi connectivity index (χ0v) is 33.0. The minimum Gasteiger partial charge on any atom is -0.339 e. The van der Waals surface area contributed by atoms with Crippen LogP contribution in [0.25, 0.3) is 0 Å². The van der Waals surface area contributed by atoms with Gasteiger partial charge < -0.3 is 9.80 Å². The molecule has 2 saturated carbocycles. The van der Waals surface area contributed by atoms with Gasteiger partial charge in [0.2, 0.25) is 0 Å². The van der Waals surface area contributed by atoms with Gasteiger partial charge in [0.25, 0.3) is 6.71 Å². The lowest BCUT2D eigenvalue weighted by Gasteiger charge is -2.48. The standard InChI is InChI=1S/C47H59BN2/c1-44(2,3)31-15-19-35(20-16-31)49-38-22-18-32(45(4,5)6)25-37(38)48-36-21-17-33(46(7,8)9)26-40(36)50(39-24-29-13-14-30(39)23-29)42-28-34(47(10,11)12)27-41(49)43(42)48/h15-22,25-30,39H,13-14,23-24H2,1-12H3. The summed E-state index contributed by atoms with van der Waals surface area (Å²) in [4.78, 5) is 5.50. The predicted molar refractivity (Wildman–Crippen MR) is 218 cm³/mol.